The highest BCUT2D eigenvalue weighted by molar-refractivity contribution is 5.86. The lowest BCUT2D eigenvalue weighted by molar-refractivity contribution is -0.138. The number of nitrogens with two attached hydrogens (primary N) is 1. The van der Waals surface area contributed by atoms with Crippen LogP contribution in [0.3, 0.4) is 0 Å². The number of halogens is 1. The van der Waals surface area contributed by atoms with E-state index in [0.717, 1.165) is 25.8 Å². The second kappa shape index (κ2) is 8.88. The summed E-state index contributed by atoms with van der Waals surface area (Å²) in [6, 6.07) is 0. The van der Waals surface area contributed by atoms with Crippen molar-refractivity contribution >= 4 is 24.2 Å². The molecular weight excluding hydrogens is 314 g/mol. The summed E-state index contributed by atoms with van der Waals surface area (Å²) in [4.78, 5) is 26.4. The Morgan fingerprint density at radius 1 is 1.26 bits per heavy atom. The first kappa shape index (κ1) is 22.2. The third-order valence-corrected chi connectivity index (χ3v) is 4.30. The number of nitrogens with one attached hydrogen (secondary N) is 1. The number of hydrogen-bond donors (Lipinski definition) is 2. The molecule has 5 nitrogen and oxygen atoms in total. The average Bonchev–Trinajstić information content (AvgIpc) is 2.43. The second-order valence-corrected chi connectivity index (χ2v) is 7.89. The highest BCUT2D eigenvalue weighted by Crippen LogP contribution is 2.21. The van der Waals surface area contributed by atoms with E-state index in [1.807, 2.05) is 39.5 Å². The van der Waals surface area contributed by atoms with Crippen molar-refractivity contribution in [2.45, 2.75) is 65.8 Å². The van der Waals surface area contributed by atoms with Crippen molar-refractivity contribution in [3.05, 3.63) is 0 Å². The summed E-state index contributed by atoms with van der Waals surface area (Å²) in [6.45, 7) is 11.7. The van der Waals surface area contributed by atoms with Crippen LogP contribution in [-0.2, 0) is 9.59 Å². The van der Waals surface area contributed by atoms with Gasteiger partial charge in [-0.05, 0) is 32.1 Å². The number of likely N-dealkylation sites (tertiary alicyclic amines) is 1. The lowest BCUT2D eigenvalue weighted by atomic mass is 9.91. The molecular formula is C17H34ClN3O2. The molecule has 0 radical (unpaired) electrons. The molecule has 0 aliphatic carbocycles. The molecule has 2 atom stereocenters. The number of nitrogens with zero attached hydrogens (tertiary/aromatic N) is 1. The van der Waals surface area contributed by atoms with Crippen LogP contribution in [0, 0.1) is 11.3 Å². The molecule has 2 unspecified atom stereocenters. The third kappa shape index (κ3) is 6.68. The van der Waals surface area contributed by atoms with Crippen LogP contribution in [0.2, 0.25) is 0 Å². The van der Waals surface area contributed by atoms with E-state index in [1.54, 1.807) is 0 Å². The van der Waals surface area contributed by atoms with Crippen LogP contribution in [0.4, 0.5) is 0 Å². The molecule has 1 heterocycles. The van der Waals surface area contributed by atoms with Gasteiger partial charge in [0.15, 0.2) is 0 Å². The Morgan fingerprint density at radius 2 is 1.87 bits per heavy atom. The fraction of sp³-hybridized carbons (Fsp3) is 0.882. The van der Waals surface area contributed by atoms with Gasteiger partial charge in [0, 0.05) is 25.0 Å². The molecule has 6 heteroatoms. The SMILES string of the molecule is CCCC(C)(N)C(=O)N1CCCC(CNC(=O)C(C)(C)C)C1.Cl. The van der Waals surface area contributed by atoms with Gasteiger partial charge >= 0.3 is 0 Å². The van der Waals surface area contributed by atoms with Crippen molar-refractivity contribution in [3.63, 3.8) is 0 Å². The molecule has 136 valence electrons. The van der Waals surface area contributed by atoms with Gasteiger partial charge < -0.3 is 16.0 Å². The summed E-state index contributed by atoms with van der Waals surface area (Å²) in [5.41, 5.74) is 5.02. The maximum absolute atomic E-state index is 12.6. The van der Waals surface area contributed by atoms with Gasteiger partial charge in [-0.25, -0.2) is 0 Å². The van der Waals surface area contributed by atoms with Crippen molar-refractivity contribution in [3.8, 4) is 0 Å². The summed E-state index contributed by atoms with van der Waals surface area (Å²) in [5.74, 6) is 0.424. The molecule has 23 heavy (non-hydrogen) atoms. The van der Waals surface area contributed by atoms with Crippen molar-refractivity contribution in [1.82, 2.24) is 10.2 Å². The summed E-state index contributed by atoms with van der Waals surface area (Å²) in [6.07, 6.45) is 3.62. The topological polar surface area (TPSA) is 75.4 Å². The predicted octanol–water partition coefficient (Wildman–Crippen LogP) is 2.33. The molecule has 2 amide bonds. The molecule has 1 aliphatic rings. The molecule has 1 rings (SSSR count). The lowest BCUT2D eigenvalue weighted by Crippen LogP contribution is -2.56. The Morgan fingerprint density at radius 3 is 2.39 bits per heavy atom. The monoisotopic (exact) mass is 347 g/mol. The molecule has 0 aromatic heterocycles. The zero-order valence-electron chi connectivity index (χ0n) is 15.3. The summed E-state index contributed by atoms with van der Waals surface area (Å²) < 4.78 is 0. The number of carbonyl (C=O) groups is 2. The fourth-order valence-electron chi connectivity index (χ4n) is 2.91. The van der Waals surface area contributed by atoms with E-state index in [-0.39, 0.29) is 29.6 Å². The highest BCUT2D eigenvalue weighted by atomic mass is 35.5. The minimum atomic E-state index is -0.773. The van der Waals surface area contributed by atoms with E-state index in [0.29, 0.717) is 25.4 Å². The Kier molecular flexibility index (Phi) is 8.57. The number of amides is 2. The molecule has 3 N–H and O–H groups in total. The van der Waals surface area contributed by atoms with E-state index in [9.17, 15) is 9.59 Å². The highest BCUT2D eigenvalue weighted by Gasteiger charge is 2.34. The van der Waals surface area contributed by atoms with Crippen LogP contribution in [0.15, 0.2) is 0 Å². The Labute approximate surface area is 147 Å². The molecule has 0 aromatic rings. The van der Waals surface area contributed by atoms with Crippen LogP contribution in [-0.4, -0.2) is 41.9 Å². The van der Waals surface area contributed by atoms with Gasteiger partial charge in [-0.3, -0.25) is 9.59 Å². The average molecular weight is 348 g/mol. The molecule has 1 saturated heterocycles. The molecule has 1 aliphatic heterocycles. The summed E-state index contributed by atoms with van der Waals surface area (Å²) in [7, 11) is 0. The zero-order chi connectivity index (χ0) is 17.0. The number of carbonyl (C=O) groups excluding carboxylic acids is 2. The third-order valence-electron chi connectivity index (χ3n) is 4.30. The molecule has 0 aromatic carbocycles. The normalized spacial score (nSPS) is 21.1. The second-order valence-electron chi connectivity index (χ2n) is 7.89. The molecule has 1 fully saturated rings. The molecule has 0 bridgehead atoms. The van der Waals surface area contributed by atoms with Gasteiger partial charge in [0.05, 0.1) is 5.54 Å². The largest absolute Gasteiger partial charge is 0.355 e. The van der Waals surface area contributed by atoms with Crippen LogP contribution in [0.5, 0.6) is 0 Å². The van der Waals surface area contributed by atoms with Crippen molar-refractivity contribution in [2.75, 3.05) is 19.6 Å². The van der Waals surface area contributed by atoms with E-state index in [1.165, 1.54) is 0 Å². The van der Waals surface area contributed by atoms with Gasteiger partial charge in [0.2, 0.25) is 11.8 Å². The number of rotatable bonds is 5. The number of hydrogen-bond acceptors (Lipinski definition) is 3. The van der Waals surface area contributed by atoms with Gasteiger partial charge in [-0.2, -0.15) is 0 Å². The fourth-order valence-corrected chi connectivity index (χ4v) is 2.91. The summed E-state index contributed by atoms with van der Waals surface area (Å²) in [5, 5.41) is 3.01. The van der Waals surface area contributed by atoms with E-state index in [2.05, 4.69) is 5.32 Å². The summed E-state index contributed by atoms with van der Waals surface area (Å²) >= 11 is 0. The van der Waals surface area contributed by atoms with Gasteiger partial charge in [-0.1, -0.05) is 34.1 Å². The maximum Gasteiger partial charge on any atom is 0.242 e. The van der Waals surface area contributed by atoms with Crippen LogP contribution < -0.4 is 11.1 Å². The molecule has 0 spiro atoms. The van der Waals surface area contributed by atoms with Crippen LogP contribution >= 0.6 is 12.4 Å². The van der Waals surface area contributed by atoms with Crippen molar-refractivity contribution in [2.24, 2.45) is 17.1 Å². The predicted molar refractivity (Wildman–Crippen MR) is 96.5 cm³/mol. The van der Waals surface area contributed by atoms with Crippen molar-refractivity contribution < 1.29 is 9.59 Å². The van der Waals surface area contributed by atoms with E-state index < -0.39 is 5.54 Å². The molecule has 0 saturated carbocycles. The van der Waals surface area contributed by atoms with Gasteiger partial charge in [-0.15, -0.1) is 12.4 Å². The minimum absolute atomic E-state index is 0. The van der Waals surface area contributed by atoms with Crippen LogP contribution in [0.1, 0.15) is 60.3 Å². The zero-order valence-corrected chi connectivity index (χ0v) is 16.1. The smallest absolute Gasteiger partial charge is 0.242 e. The Balaban J connectivity index is 0.00000484. The lowest BCUT2D eigenvalue weighted by Gasteiger charge is -2.37. The van der Waals surface area contributed by atoms with E-state index >= 15 is 0 Å². The Hall–Kier alpha value is -0.810. The number of piperidine rings is 1. The van der Waals surface area contributed by atoms with Crippen molar-refractivity contribution in [1.29, 1.82) is 0 Å². The quantitative estimate of drug-likeness (QED) is 0.801. The van der Waals surface area contributed by atoms with Gasteiger partial charge in [0.1, 0.15) is 0 Å². The first-order chi connectivity index (χ1) is 10.1. The standard InChI is InChI=1S/C17H33N3O2.ClH/c1-6-9-17(5,18)15(22)20-10-7-8-13(12-20)11-19-14(21)16(2,3)4;/h13H,6-12,18H2,1-5H3,(H,19,21);1H. The Bertz CT molecular complexity index is 405. The van der Waals surface area contributed by atoms with Gasteiger partial charge in [0.25, 0.3) is 0 Å². The van der Waals surface area contributed by atoms with E-state index in [4.69, 9.17) is 5.73 Å². The van der Waals surface area contributed by atoms with Crippen LogP contribution in [0.25, 0.3) is 0 Å². The minimum Gasteiger partial charge on any atom is -0.355 e. The first-order valence-corrected chi connectivity index (χ1v) is 8.44. The maximum atomic E-state index is 12.6. The first-order valence-electron chi connectivity index (χ1n) is 8.44.